The molecule has 0 aromatic heterocycles. The summed E-state index contributed by atoms with van der Waals surface area (Å²) in [4.78, 5) is 12.6. The summed E-state index contributed by atoms with van der Waals surface area (Å²) in [5.74, 6) is 0.349. The summed E-state index contributed by atoms with van der Waals surface area (Å²) in [6, 6.07) is 2.33. The monoisotopic (exact) mass is 435 g/mol. The highest BCUT2D eigenvalue weighted by molar-refractivity contribution is 6.33. The molecule has 29 heavy (non-hydrogen) atoms. The van der Waals surface area contributed by atoms with Crippen molar-refractivity contribution < 1.29 is 27.4 Å². The Balaban J connectivity index is 1.93. The summed E-state index contributed by atoms with van der Waals surface area (Å²) in [7, 11) is 1.70. The van der Waals surface area contributed by atoms with Crippen molar-refractivity contribution in [3.63, 3.8) is 0 Å². The second kappa shape index (κ2) is 10.5. The van der Waals surface area contributed by atoms with Crippen LogP contribution in [0.25, 0.3) is 0 Å². The molecule has 1 saturated carbocycles. The summed E-state index contributed by atoms with van der Waals surface area (Å²) in [6.45, 7) is 4.80. The molecule has 0 aliphatic heterocycles. The van der Waals surface area contributed by atoms with Gasteiger partial charge in [0.25, 0.3) is 0 Å². The molecule has 1 aromatic carbocycles. The number of anilines is 1. The average molecular weight is 436 g/mol. The van der Waals surface area contributed by atoms with Crippen LogP contribution in [0, 0.1) is 17.8 Å². The molecule has 0 saturated heterocycles. The van der Waals surface area contributed by atoms with Crippen LogP contribution in [0.4, 0.5) is 18.9 Å². The highest BCUT2D eigenvalue weighted by atomic mass is 35.5. The van der Waals surface area contributed by atoms with Crippen molar-refractivity contribution in [3.8, 4) is 0 Å². The molecule has 1 aromatic rings. The van der Waals surface area contributed by atoms with E-state index in [2.05, 4.69) is 5.32 Å². The van der Waals surface area contributed by atoms with Gasteiger partial charge in [0, 0.05) is 13.7 Å². The van der Waals surface area contributed by atoms with Crippen LogP contribution in [0.3, 0.4) is 0 Å². The van der Waals surface area contributed by atoms with E-state index in [1.165, 1.54) is 6.07 Å². The zero-order chi connectivity index (χ0) is 21.6. The van der Waals surface area contributed by atoms with E-state index in [0.717, 1.165) is 44.4 Å². The first-order chi connectivity index (χ1) is 13.6. The maximum absolute atomic E-state index is 12.8. The number of nitrogens with one attached hydrogen (secondary N) is 1. The van der Waals surface area contributed by atoms with Gasteiger partial charge in [0.2, 0.25) is 0 Å². The Kier molecular flexibility index (Phi) is 8.64. The molecule has 1 aliphatic carbocycles. The molecule has 8 heteroatoms. The maximum atomic E-state index is 12.8. The van der Waals surface area contributed by atoms with Crippen molar-refractivity contribution in [2.45, 2.75) is 51.7 Å². The lowest BCUT2D eigenvalue weighted by molar-refractivity contribution is -0.147. The first-order valence-electron chi connectivity index (χ1n) is 9.90. The van der Waals surface area contributed by atoms with Crippen molar-refractivity contribution in [3.05, 3.63) is 28.8 Å². The van der Waals surface area contributed by atoms with Gasteiger partial charge in [0.05, 0.1) is 22.9 Å². The van der Waals surface area contributed by atoms with Gasteiger partial charge in [0.1, 0.15) is 6.04 Å². The Morgan fingerprint density at radius 2 is 1.76 bits per heavy atom. The van der Waals surface area contributed by atoms with Gasteiger partial charge < -0.3 is 14.8 Å². The summed E-state index contributed by atoms with van der Waals surface area (Å²) in [6.07, 6.45) is -0.370. The maximum Gasteiger partial charge on any atom is 0.416 e. The predicted octanol–water partition coefficient (Wildman–Crippen LogP) is 5.79. The molecule has 1 fully saturated rings. The third-order valence-corrected chi connectivity index (χ3v) is 5.67. The van der Waals surface area contributed by atoms with Gasteiger partial charge in [-0.05, 0) is 61.6 Å². The first-order valence-corrected chi connectivity index (χ1v) is 10.3. The average Bonchev–Trinajstić information content (AvgIpc) is 2.65. The van der Waals surface area contributed by atoms with E-state index in [1.807, 2.05) is 13.8 Å². The SMILES string of the molecule is COCC1CCC(COC(=O)C(Nc2ccc(C(F)(F)F)cc2Cl)C(C)C)CC1. The fourth-order valence-electron chi connectivity index (χ4n) is 3.56. The molecular weight excluding hydrogens is 407 g/mol. The van der Waals surface area contributed by atoms with E-state index < -0.39 is 23.8 Å². The largest absolute Gasteiger partial charge is 0.464 e. The zero-order valence-electron chi connectivity index (χ0n) is 17.0. The number of methoxy groups -OCH3 is 1. The minimum Gasteiger partial charge on any atom is -0.464 e. The second-order valence-corrected chi connectivity index (χ2v) is 8.44. The van der Waals surface area contributed by atoms with Crippen LogP contribution in [0.15, 0.2) is 18.2 Å². The lowest BCUT2D eigenvalue weighted by atomic mass is 9.83. The molecule has 164 valence electrons. The molecule has 1 aliphatic rings. The van der Waals surface area contributed by atoms with Gasteiger partial charge in [0.15, 0.2) is 0 Å². The topological polar surface area (TPSA) is 47.6 Å². The molecular formula is C21H29ClF3NO3. The molecule has 2 rings (SSSR count). The molecule has 1 unspecified atom stereocenters. The summed E-state index contributed by atoms with van der Waals surface area (Å²) in [5.41, 5.74) is -0.559. The molecule has 1 N–H and O–H groups in total. The Hall–Kier alpha value is -1.47. The Labute approximate surface area is 175 Å². The number of rotatable bonds is 8. The Bertz CT molecular complexity index is 674. The number of alkyl halides is 3. The van der Waals surface area contributed by atoms with Crippen molar-refractivity contribution in [2.24, 2.45) is 17.8 Å². The Morgan fingerprint density at radius 3 is 2.24 bits per heavy atom. The van der Waals surface area contributed by atoms with Crippen LogP contribution >= 0.6 is 11.6 Å². The van der Waals surface area contributed by atoms with E-state index in [0.29, 0.717) is 18.4 Å². The normalized spacial score (nSPS) is 21.1. The quantitative estimate of drug-likeness (QED) is 0.525. The molecule has 4 nitrogen and oxygen atoms in total. The van der Waals surface area contributed by atoms with Gasteiger partial charge in [-0.25, -0.2) is 4.79 Å². The minimum atomic E-state index is -4.47. The predicted molar refractivity (Wildman–Crippen MR) is 107 cm³/mol. The smallest absolute Gasteiger partial charge is 0.416 e. The standard InChI is InChI=1S/C21H29ClF3NO3/c1-13(2)19(26-18-9-8-16(10-17(18)22)21(23,24)25)20(27)29-12-15-6-4-14(5-7-15)11-28-3/h8-10,13-15,19,26H,4-7,11-12H2,1-3H3. The highest BCUT2D eigenvalue weighted by Crippen LogP contribution is 2.34. The van der Waals surface area contributed by atoms with Gasteiger partial charge in [-0.2, -0.15) is 13.2 Å². The summed E-state index contributed by atoms with van der Waals surface area (Å²) in [5, 5.41) is 2.86. The second-order valence-electron chi connectivity index (χ2n) is 8.03. The third-order valence-electron chi connectivity index (χ3n) is 5.36. The molecule has 0 heterocycles. The van der Waals surface area contributed by atoms with Crippen LogP contribution in [0.2, 0.25) is 5.02 Å². The number of carbonyl (C=O) groups is 1. The van der Waals surface area contributed by atoms with Crippen LogP contribution < -0.4 is 5.32 Å². The molecule has 0 bridgehead atoms. The van der Waals surface area contributed by atoms with Crippen molar-refractivity contribution in [2.75, 3.05) is 25.6 Å². The van der Waals surface area contributed by atoms with Crippen LogP contribution in [0.5, 0.6) is 0 Å². The molecule has 0 amide bonds. The van der Waals surface area contributed by atoms with Gasteiger partial charge >= 0.3 is 12.1 Å². The number of ether oxygens (including phenoxy) is 2. The fourth-order valence-corrected chi connectivity index (χ4v) is 3.80. The van der Waals surface area contributed by atoms with E-state index >= 15 is 0 Å². The van der Waals surface area contributed by atoms with Gasteiger partial charge in [-0.3, -0.25) is 0 Å². The third kappa shape index (κ3) is 7.07. The van der Waals surface area contributed by atoms with Gasteiger partial charge in [-0.1, -0.05) is 25.4 Å². The molecule has 0 spiro atoms. The Morgan fingerprint density at radius 1 is 1.17 bits per heavy atom. The van der Waals surface area contributed by atoms with E-state index in [9.17, 15) is 18.0 Å². The van der Waals surface area contributed by atoms with E-state index in [1.54, 1.807) is 7.11 Å². The van der Waals surface area contributed by atoms with Crippen LogP contribution in [0.1, 0.15) is 45.1 Å². The number of hydrogen-bond acceptors (Lipinski definition) is 4. The summed E-state index contributed by atoms with van der Waals surface area (Å²) < 4.78 is 49.1. The van der Waals surface area contributed by atoms with Crippen molar-refractivity contribution in [1.29, 1.82) is 0 Å². The number of esters is 1. The zero-order valence-corrected chi connectivity index (χ0v) is 17.8. The van der Waals surface area contributed by atoms with Crippen LogP contribution in [-0.2, 0) is 20.4 Å². The van der Waals surface area contributed by atoms with Gasteiger partial charge in [-0.15, -0.1) is 0 Å². The minimum absolute atomic E-state index is 0.0882. The van der Waals surface area contributed by atoms with Crippen molar-refractivity contribution in [1.82, 2.24) is 0 Å². The fraction of sp³-hybridized carbons (Fsp3) is 0.667. The summed E-state index contributed by atoms with van der Waals surface area (Å²) >= 11 is 6.00. The molecule has 0 radical (unpaired) electrons. The van der Waals surface area contributed by atoms with Crippen molar-refractivity contribution >= 4 is 23.3 Å². The van der Waals surface area contributed by atoms with E-state index in [4.69, 9.17) is 21.1 Å². The molecule has 1 atom stereocenters. The highest BCUT2D eigenvalue weighted by Gasteiger charge is 2.32. The first kappa shape index (κ1) is 23.8. The lowest BCUT2D eigenvalue weighted by Gasteiger charge is -2.29. The lowest BCUT2D eigenvalue weighted by Crippen LogP contribution is -2.37. The number of benzene rings is 1. The van der Waals surface area contributed by atoms with Crippen LogP contribution in [-0.4, -0.2) is 32.3 Å². The number of carbonyl (C=O) groups excluding carboxylic acids is 1. The number of hydrogen-bond donors (Lipinski definition) is 1. The number of halogens is 4. The van der Waals surface area contributed by atoms with E-state index in [-0.39, 0.29) is 16.6 Å².